The van der Waals surface area contributed by atoms with Gasteiger partial charge in [0.1, 0.15) is 9.84 Å². The molecule has 0 aromatic heterocycles. The number of ketones is 1. The van der Waals surface area contributed by atoms with E-state index in [0.29, 0.717) is 12.8 Å². The normalized spacial score (nSPS) is 18.9. The zero-order valence-corrected chi connectivity index (χ0v) is 9.27. The maximum atomic E-state index is 11.2. The summed E-state index contributed by atoms with van der Waals surface area (Å²) in [5.41, 5.74) is 0.998. The number of allylic oxidation sites excluding steroid dienone is 2. The lowest BCUT2D eigenvalue weighted by Gasteiger charge is -2.02. The van der Waals surface area contributed by atoms with E-state index >= 15 is 0 Å². The van der Waals surface area contributed by atoms with Crippen LogP contribution in [0.3, 0.4) is 0 Å². The van der Waals surface area contributed by atoms with Crippen LogP contribution in [-0.4, -0.2) is 26.2 Å². The molecular weight excluding hydrogens is 200 g/mol. The first-order chi connectivity index (χ1) is 6.47. The first-order valence-corrected chi connectivity index (χ1v) is 6.93. The Morgan fingerprint density at radius 3 is 2.57 bits per heavy atom. The van der Waals surface area contributed by atoms with Crippen molar-refractivity contribution >= 4 is 15.6 Å². The van der Waals surface area contributed by atoms with Crippen molar-refractivity contribution in [2.75, 3.05) is 12.0 Å². The lowest BCUT2D eigenvalue weighted by atomic mass is 10.1. The minimum absolute atomic E-state index is 0.144. The first-order valence-electron chi connectivity index (χ1n) is 4.87. The number of hydrogen-bond acceptors (Lipinski definition) is 3. The quantitative estimate of drug-likeness (QED) is 0.718. The van der Waals surface area contributed by atoms with E-state index in [9.17, 15) is 13.2 Å². The lowest BCUT2D eigenvalue weighted by Crippen LogP contribution is -2.04. The predicted octanol–water partition coefficient (Wildman–Crippen LogP) is 1.49. The molecule has 0 spiro atoms. The third kappa shape index (κ3) is 4.56. The molecule has 4 heteroatoms. The number of hydrogen-bond donors (Lipinski definition) is 0. The summed E-state index contributed by atoms with van der Waals surface area (Å²) in [4.78, 5) is 11.2. The molecule has 0 bridgehead atoms. The molecule has 0 fully saturated rings. The van der Waals surface area contributed by atoms with Gasteiger partial charge in [0.05, 0.1) is 5.75 Å². The fourth-order valence-electron chi connectivity index (χ4n) is 1.54. The number of rotatable bonds is 3. The number of carbonyl (C=O) groups excluding carboxylic acids is 1. The molecule has 0 unspecified atom stereocenters. The second-order valence-electron chi connectivity index (χ2n) is 3.86. The van der Waals surface area contributed by atoms with Gasteiger partial charge in [-0.3, -0.25) is 4.79 Å². The highest BCUT2D eigenvalue weighted by atomic mass is 32.2. The van der Waals surface area contributed by atoms with Gasteiger partial charge in [0.25, 0.3) is 0 Å². The van der Waals surface area contributed by atoms with Crippen LogP contribution in [0, 0.1) is 0 Å². The molecule has 0 amide bonds. The molecule has 14 heavy (non-hydrogen) atoms. The Balaban J connectivity index is 2.54. The van der Waals surface area contributed by atoms with E-state index in [1.807, 2.05) is 0 Å². The monoisotopic (exact) mass is 216 g/mol. The summed E-state index contributed by atoms with van der Waals surface area (Å²) in [6.07, 6.45) is 6.80. The smallest absolute Gasteiger partial charge is 0.155 e. The van der Waals surface area contributed by atoms with Crippen LogP contribution in [0.4, 0.5) is 0 Å². The molecule has 0 saturated carbocycles. The average molecular weight is 216 g/mol. The topological polar surface area (TPSA) is 51.2 Å². The van der Waals surface area contributed by atoms with Gasteiger partial charge < -0.3 is 0 Å². The lowest BCUT2D eigenvalue weighted by molar-refractivity contribution is -0.114. The molecule has 1 aliphatic rings. The SMILES string of the molecule is CS(=O)(=O)CCC1=CC(=O)CCCC1. The van der Waals surface area contributed by atoms with Crippen molar-refractivity contribution in [1.82, 2.24) is 0 Å². The maximum Gasteiger partial charge on any atom is 0.155 e. The molecule has 0 aliphatic heterocycles. The van der Waals surface area contributed by atoms with Gasteiger partial charge in [-0.2, -0.15) is 0 Å². The van der Waals surface area contributed by atoms with Crippen LogP contribution < -0.4 is 0 Å². The molecule has 0 heterocycles. The van der Waals surface area contributed by atoms with Gasteiger partial charge in [-0.25, -0.2) is 8.42 Å². The van der Waals surface area contributed by atoms with Gasteiger partial charge in [0.2, 0.25) is 0 Å². The maximum absolute atomic E-state index is 11.2. The van der Waals surface area contributed by atoms with E-state index in [2.05, 4.69) is 0 Å². The van der Waals surface area contributed by atoms with E-state index in [1.165, 1.54) is 6.26 Å². The van der Waals surface area contributed by atoms with Gasteiger partial charge in [-0.15, -0.1) is 0 Å². The van der Waals surface area contributed by atoms with Crippen molar-refractivity contribution in [3.05, 3.63) is 11.6 Å². The van der Waals surface area contributed by atoms with Gasteiger partial charge in [-0.05, 0) is 31.8 Å². The summed E-state index contributed by atoms with van der Waals surface area (Å²) in [6, 6.07) is 0. The summed E-state index contributed by atoms with van der Waals surface area (Å²) in [6.45, 7) is 0. The van der Waals surface area contributed by atoms with Crippen LogP contribution in [0.5, 0.6) is 0 Å². The van der Waals surface area contributed by atoms with E-state index in [-0.39, 0.29) is 11.5 Å². The largest absolute Gasteiger partial charge is 0.295 e. The fraction of sp³-hybridized carbons (Fsp3) is 0.700. The van der Waals surface area contributed by atoms with Gasteiger partial charge >= 0.3 is 0 Å². The highest BCUT2D eigenvalue weighted by molar-refractivity contribution is 7.90. The van der Waals surface area contributed by atoms with Crippen LogP contribution in [0.2, 0.25) is 0 Å². The molecule has 1 aliphatic carbocycles. The van der Waals surface area contributed by atoms with E-state index < -0.39 is 9.84 Å². The standard InChI is InChI=1S/C10H16O3S/c1-14(12,13)7-6-9-4-2-3-5-10(11)8-9/h8H,2-7H2,1H3. The molecule has 80 valence electrons. The second kappa shape index (κ2) is 4.73. The van der Waals surface area contributed by atoms with Crippen molar-refractivity contribution in [1.29, 1.82) is 0 Å². The second-order valence-corrected chi connectivity index (χ2v) is 6.12. The third-order valence-corrected chi connectivity index (χ3v) is 3.28. The van der Waals surface area contributed by atoms with Crippen LogP contribution in [-0.2, 0) is 14.6 Å². The molecule has 0 saturated heterocycles. The Morgan fingerprint density at radius 2 is 1.93 bits per heavy atom. The van der Waals surface area contributed by atoms with Crippen molar-refractivity contribution in [2.45, 2.75) is 32.1 Å². The van der Waals surface area contributed by atoms with E-state index in [4.69, 9.17) is 0 Å². The number of carbonyl (C=O) groups is 1. The molecule has 0 N–H and O–H groups in total. The minimum Gasteiger partial charge on any atom is -0.295 e. The average Bonchev–Trinajstić information content (AvgIpc) is 2.25. The summed E-state index contributed by atoms with van der Waals surface area (Å²) in [5.74, 6) is 0.303. The Morgan fingerprint density at radius 1 is 1.29 bits per heavy atom. The van der Waals surface area contributed by atoms with Crippen LogP contribution >= 0.6 is 0 Å². The molecule has 3 nitrogen and oxygen atoms in total. The van der Waals surface area contributed by atoms with Gasteiger partial charge in [0, 0.05) is 12.7 Å². The first kappa shape index (κ1) is 11.4. The molecule has 1 rings (SSSR count). The molecule has 0 atom stereocenters. The zero-order chi connectivity index (χ0) is 10.6. The third-order valence-electron chi connectivity index (χ3n) is 2.33. The Labute approximate surface area is 85.1 Å². The van der Waals surface area contributed by atoms with Gasteiger partial charge in [-0.1, -0.05) is 5.57 Å². The summed E-state index contributed by atoms with van der Waals surface area (Å²) >= 11 is 0. The van der Waals surface area contributed by atoms with E-state index in [0.717, 1.165) is 24.8 Å². The predicted molar refractivity (Wildman–Crippen MR) is 55.9 cm³/mol. The van der Waals surface area contributed by atoms with Crippen LogP contribution in [0.1, 0.15) is 32.1 Å². The molecular formula is C10H16O3S. The number of sulfone groups is 1. The Hall–Kier alpha value is -0.640. The van der Waals surface area contributed by atoms with Gasteiger partial charge in [0.15, 0.2) is 5.78 Å². The molecule has 0 aromatic carbocycles. The highest BCUT2D eigenvalue weighted by Crippen LogP contribution is 2.18. The molecule has 0 radical (unpaired) electrons. The summed E-state index contributed by atoms with van der Waals surface area (Å²) in [5, 5.41) is 0. The Bertz CT molecular complexity index is 338. The summed E-state index contributed by atoms with van der Waals surface area (Å²) in [7, 11) is -2.91. The highest BCUT2D eigenvalue weighted by Gasteiger charge is 2.10. The van der Waals surface area contributed by atoms with Crippen molar-refractivity contribution < 1.29 is 13.2 Å². The van der Waals surface area contributed by atoms with Crippen molar-refractivity contribution in [3.8, 4) is 0 Å². The van der Waals surface area contributed by atoms with E-state index in [1.54, 1.807) is 6.08 Å². The zero-order valence-electron chi connectivity index (χ0n) is 8.45. The van der Waals surface area contributed by atoms with Crippen LogP contribution in [0.25, 0.3) is 0 Å². The Kier molecular flexibility index (Phi) is 3.86. The minimum atomic E-state index is -2.91. The van der Waals surface area contributed by atoms with Crippen molar-refractivity contribution in [3.63, 3.8) is 0 Å². The molecule has 0 aromatic rings. The summed E-state index contributed by atoms with van der Waals surface area (Å²) < 4.78 is 21.9. The van der Waals surface area contributed by atoms with Crippen molar-refractivity contribution in [2.24, 2.45) is 0 Å². The fourth-order valence-corrected chi connectivity index (χ4v) is 2.17. The van der Waals surface area contributed by atoms with Crippen LogP contribution in [0.15, 0.2) is 11.6 Å².